The highest BCUT2D eigenvalue weighted by molar-refractivity contribution is 6.31. The Bertz CT molecular complexity index is 566. The molecule has 1 aromatic rings. The maximum absolute atomic E-state index is 11.5. The summed E-state index contributed by atoms with van der Waals surface area (Å²) in [6.07, 6.45) is 0. The summed E-state index contributed by atoms with van der Waals surface area (Å²) in [5.74, 6) is -2.99. The van der Waals surface area contributed by atoms with Crippen molar-refractivity contribution < 1.29 is 19.1 Å². The molecule has 0 saturated carbocycles. The summed E-state index contributed by atoms with van der Waals surface area (Å²) in [5.41, 5.74) is 0.803. The van der Waals surface area contributed by atoms with E-state index < -0.39 is 17.8 Å². The second-order valence-corrected chi connectivity index (χ2v) is 5.59. The van der Waals surface area contributed by atoms with Gasteiger partial charge in [-0.3, -0.25) is 0 Å². The summed E-state index contributed by atoms with van der Waals surface area (Å²) in [6.45, 7) is 2.72. The Morgan fingerprint density at radius 2 is 1.75 bits per heavy atom. The number of hydrogen-bond acceptors (Lipinski definition) is 6. The van der Waals surface area contributed by atoms with Gasteiger partial charge in [-0.05, 0) is 5.56 Å². The molecule has 3 heterocycles. The van der Waals surface area contributed by atoms with E-state index >= 15 is 0 Å². The number of nitrogens with one attached hydrogen (secondary N) is 1. The molecular formula is C14H14N2O4. The topological polar surface area (TPSA) is 67.9 Å². The van der Waals surface area contributed by atoms with Gasteiger partial charge in [-0.1, -0.05) is 30.3 Å². The summed E-state index contributed by atoms with van der Waals surface area (Å²) in [7, 11) is 0. The molecule has 6 heteroatoms. The van der Waals surface area contributed by atoms with Gasteiger partial charge in [0.15, 0.2) is 0 Å². The number of hydrogen-bond donors (Lipinski definition) is 1. The van der Waals surface area contributed by atoms with E-state index in [0.717, 1.165) is 12.1 Å². The van der Waals surface area contributed by atoms with E-state index in [1.807, 2.05) is 35.2 Å². The Morgan fingerprint density at radius 1 is 1.10 bits per heavy atom. The number of carbonyl (C=O) groups excluding carboxylic acids is 2. The summed E-state index contributed by atoms with van der Waals surface area (Å²) in [5, 5.41) is 3.16. The summed E-state index contributed by atoms with van der Waals surface area (Å²) in [6, 6.07) is 9.85. The SMILES string of the molecule is O=C1OC2(OC1=O)N(Cc1ccccc1)CC21CNC1. The Balaban J connectivity index is 1.62. The lowest BCUT2D eigenvalue weighted by Crippen LogP contribution is -2.84. The minimum atomic E-state index is -1.21. The van der Waals surface area contributed by atoms with Gasteiger partial charge in [0.1, 0.15) is 5.41 Å². The zero-order valence-corrected chi connectivity index (χ0v) is 10.8. The molecule has 6 nitrogen and oxygen atoms in total. The number of carbonyl (C=O) groups is 2. The van der Waals surface area contributed by atoms with E-state index in [2.05, 4.69) is 5.32 Å². The van der Waals surface area contributed by atoms with Gasteiger partial charge >= 0.3 is 17.8 Å². The first kappa shape index (κ1) is 11.9. The molecule has 0 amide bonds. The molecule has 104 valence electrons. The highest BCUT2D eigenvalue weighted by atomic mass is 16.8. The molecule has 3 saturated heterocycles. The van der Waals surface area contributed by atoms with Crippen molar-refractivity contribution in [1.29, 1.82) is 0 Å². The van der Waals surface area contributed by atoms with Crippen LogP contribution in [0.2, 0.25) is 0 Å². The van der Waals surface area contributed by atoms with Crippen LogP contribution in [0.15, 0.2) is 30.3 Å². The van der Waals surface area contributed by atoms with Gasteiger partial charge < -0.3 is 14.8 Å². The van der Waals surface area contributed by atoms with Gasteiger partial charge in [0.25, 0.3) is 0 Å². The zero-order valence-electron chi connectivity index (χ0n) is 10.8. The fraction of sp³-hybridized carbons (Fsp3) is 0.429. The molecule has 1 aromatic carbocycles. The molecular weight excluding hydrogens is 260 g/mol. The number of nitrogens with zero attached hydrogens (tertiary/aromatic N) is 1. The van der Waals surface area contributed by atoms with Crippen LogP contribution < -0.4 is 5.32 Å². The maximum atomic E-state index is 11.5. The third-order valence-corrected chi connectivity index (χ3v) is 4.35. The second-order valence-electron chi connectivity index (χ2n) is 5.59. The van der Waals surface area contributed by atoms with Crippen LogP contribution in [0.3, 0.4) is 0 Å². The summed E-state index contributed by atoms with van der Waals surface area (Å²) in [4.78, 5) is 24.8. The molecule has 3 aliphatic heterocycles. The van der Waals surface area contributed by atoms with Crippen LogP contribution in [-0.4, -0.2) is 42.4 Å². The Kier molecular flexibility index (Phi) is 2.26. The third kappa shape index (κ3) is 1.35. The van der Waals surface area contributed by atoms with Crippen LogP contribution in [0.25, 0.3) is 0 Å². The second kappa shape index (κ2) is 3.80. The van der Waals surface area contributed by atoms with Crippen molar-refractivity contribution in [2.75, 3.05) is 19.6 Å². The van der Waals surface area contributed by atoms with Crippen molar-refractivity contribution in [3.8, 4) is 0 Å². The molecule has 1 N–H and O–H groups in total. The van der Waals surface area contributed by atoms with Crippen molar-refractivity contribution >= 4 is 11.9 Å². The van der Waals surface area contributed by atoms with Crippen LogP contribution in [-0.2, 0) is 25.6 Å². The predicted molar refractivity (Wildman–Crippen MR) is 67.1 cm³/mol. The Labute approximate surface area is 115 Å². The first-order chi connectivity index (χ1) is 9.65. The highest BCUT2D eigenvalue weighted by Crippen LogP contribution is 2.54. The quantitative estimate of drug-likeness (QED) is 0.597. The van der Waals surface area contributed by atoms with E-state index in [1.165, 1.54) is 0 Å². The van der Waals surface area contributed by atoms with Crippen LogP contribution in [0.5, 0.6) is 0 Å². The van der Waals surface area contributed by atoms with Crippen LogP contribution in [0.4, 0.5) is 0 Å². The molecule has 3 aliphatic rings. The lowest BCUT2D eigenvalue weighted by Gasteiger charge is -2.64. The van der Waals surface area contributed by atoms with Gasteiger partial charge in [0, 0.05) is 26.2 Å². The fourth-order valence-electron chi connectivity index (χ4n) is 3.24. The Morgan fingerprint density at radius 3 is 2.30 bits per heavy atom. The van der Waals surface area contributed by atoms with Gasteiger partial charge in [-0.2, -0.15) is 0 Å². The van der Waals surface area contributed by atoms with Crippen LogP contribution >= 0.6 is 0 Å². The van der Waals surface area contributed by atoms with Crippen molar-refractivity contribution in [3.05, 3.63) is 35.9 Å². The molecule has 0 radical (unpaired) electrons. The van der Waals surface area contributed by atoms with Gasteiger partial charge in [-0.15, -0.1) is 0 Å². The lowest BCUT2D eigenvalue weighted by molar-refractivity contribution is -0.392. The highest BCUT2D eigenvalue weighted by Gasteiger charge is 2.76. The predicted octanol–water partition coefficient (Wildman–Crippen LogP) is -0.154. The van der Waals surface area contributed by atoms with Crippen molar-refractivity contribution in [2.24, 2.45) is 5.41 Å². The number of fused-ring (bicyclic) bond motifs is 1. The maximum Gasteiger partial charge on any atom is 0.421 e. The lowest BCUT2D eigenvalue weighted by atomic mass is 9.69. The minimum Gasteiger partial charge on any atom is -0.399 e. The number of esters is 2. The van der Waals surface area contributed by atoms with Gasteiger partial charge in [-0.25, -0.2) is 14.5 Å². The summed E-state index contributed by atoms with van der Waals surface area (Å²) < 4.78 is 10.6. The summed E-state index contributed by atoms with van der Waals surface area (Å²) >= 11 is 0. The number of rotatable bonds is 2. The van der Waals surface area contributed by atoms with Gasteiger partial charge in [0.05, 0.1) is 0 Å². The molecule has 0 unspecified atom stereocenters. The molecule has 0 aliphatic carbocycles. The number of ether oxygens (including phenoxy) is 2. The third-order valence-electron chi connectivity index (χ3n) is 4.35. The monoisotopic (exact) mass is 274 g/mol. The van der Waals surface area contributed by atoms with Crippen LogP contribution in [0.1, 0.15) is 5.56 Å². The van der Waals surface area contributed by atoms with Crippen molar-refractivity contribution in [1.82, 2.24) is 10.2 Å². The number of benzene rings is 1. The van der Waals surface area contributed by atoms with Crippen molar-refractivity contribution in [2.45, 2.75) is 12.5 Å². The first-order valence-corrected chi connectivity index (χ1v) is 6.61. The zero-order chi connectivity index (χ0) is 13.8. The van der Waals surface area contributed by atoms with E-state index in [4.69, 9.17) is 9.47 Å². The van der Waals surface area contributed by atoms with E-state index in [1.54, 1.807) is 0 Å². The molecule has 4 rings (SSSR count). The Hall–Kier alpha value is -1.92. The van der Waals surface area contributed by atoms with Crippen molar-refractivity contribution in [3.63, 3.8) is 0 Å². The molecule has 0 bridgehead atoms. The van der Waals surface area contributed by atoms with E-state index in [-0.39, 0.29) is 5.41 Å². The average molecular weight is 274 g/mol. The molecule has 3 fully saturated rings. The normalized spacial score (nSPS) is 26.0. The minimum absolute atomic E-state index is 0.288. The molecule has 0 atom stereocenters. The molecule has 0 aromatic heterocycles. The number of likely N-dealkylation sites (tertiary alicyclic amines) is 1. The molecule has 2 spiro atoms. The van der Waals surface area contributed by atoms with Gasteiger partial charge in [0.2, 0.25) is 0 Å². The smallest absolute Gasteiger partial charge is 0.399 e. The van der Waals surface area contributed by atoms with Crippen LogP contribution in [0, 0.1) is 5.41 Å². The molecule has 20 heavy (non-hydrogen) atoms. The first-order valence-electron chi connectivity index (χ1n) is 6.61. The standard InChI is InChI=1S/C14H14N2O4/c17-11-12(18)20-14(19-11)13(7-15-8-13)9-16(14)6-10-4-2-1-3-5-10/h1-5,15H,6-9H2. The average Bonchev–Trinajstić information content (AvgIpc) is 2.72. The van der Waals surface area contributed by atoms with E-state index in [9.17, 15) is 9.59 Å². The fourth-order valence-corrected chi connectivity index (χ4v) is 3.24. The largest absolute Gasteiger partial charge is 0.421 e. The van der Waals surface area contributed by atoms with E-state index in [0.29, 0.717) is 19.6 Å².